The molecular formula is C16H18BrCl2FN4O2. The minimum absolute atomic E-state index is 0.0654. The Bertz CT molecular complexity index is 830. The summed E-state index contributed by atoms with van der Waals surface area (Å²) in [5, 5.41) is 6.25. The summed E-state index contributed by atoms with van der Waals surface area (Å²) in [5.41, 5.74) is -0.480. The highest BCUT2D eigenvalue weighted by molar-refractivity contribution is 9.10. The molecule has 2 aromatic rings. The fourth-order valence-corrected chi connectivity index (χ4v) is 2.74. The molecule has 0 aliphatic carbocycles. The van der Waals surface area contributed by atoms with E-state index in [0.29, 0.717) is 30.7 Å². The van der Waals surface area contributed by atoms with E-state index in [1.807, 2.05) is 0 Å². The van der Waals surface area contributed by atoms with Gasteiger partial charge in [0.15, 0.2) is 5.82 Å². The minimum atomic E-state index is -0.605. The van der Waals surface area contributed by atoms with Gasteiger partial charge in [-0.2, -0.15) is 0 Å². The number of nitrogens with one attached hydrogen (secondary N) is 2. The number of benzene rings is 1. The van der Waals surface area contributed by atoms with Gasteiger partial charge in [-0.05, 0) is 60.8 Å². The van der Waals surface area contributed by atoms with Crippen LogP contribution < -0.4 is 10.6 Å². The van der Waals surface area contributed by atoms with Gasteiger partial charge in [0.05, 0.1) is 9.50 Å². The third kappa shape index (κ3) is 5.56. The maximum atomic E-state index is 14.3. The summed E-state index contributed by atoms with van der Waals surface area (Å²) in [7, 11) is 0. The van der Waals surface area contributed by atoms with Crippen LogP contribution in [0, 0.1) is 5.82 Å². The molecule has 0 saturated heterocycles. The van der Waals surface area contributed by atoms with Crippen LogP contribution in [-0.2, 0) is 4.74 Å². The van der Waals surface area contributed by atoms with E-state index in [1.54, 1.807) is 26.8 Å². The molecule has 0 saturated carbocycles. The van der Waals surface area contributed by atoms with Crippen molar-refractivity contribution < 1.29 is 13.9 Å². The van der Waals surface area contributed by atoms with E-state index in [0.717, 1.165) is 0 Å². The lowest BCUT2D eigenvalue weighted by atomic mass is 10.2. The molecule has 0 aliphatic heterocycles. The summed E-state index contributed by atoms with van der Waals surface area (Å²) in [6.07, 6.45) is 0.112. The number of alkyl carbamates (subject to hydrolysis) is 1. The second-order valence-corrected chi connectivity index (χ2v) is 7.97. The standard InChI is InChI=1S/C16H18BrCl2FN4O2/c1-16(2,3)26-15(25)22-6-4-5-21-13-8-7-9(18)10(17)11(20)12(8)23-14(19)24-13/h7H,4-6H2,1-3H3,(H,22,25)(H,21,23,24). The average Bonchev–Trinajstić information content (AvgIpc) is 2.52. The monoisotopic (exact) mass is 466 g/mol. The zero-order valence-corrected chi connectivity index (χ0v) is 17.5. The van der Waals surface area contributed by atoms with Gasteiger partial charge in [-0.3, -0.25) is 0 Å². The Balaban J connectivity index is 2.00. The molecule has 6 nitrogen and oxygen atoms in total. The molecule has 0 bridgehead atoms. The van der Waals surface area contributed by atoms with Crippen molar-refractivity contribution >= 4 is 61.9 Å². The number of halogens is 4. The van der Waals surface area contributed by atoms with Crippen LogP contribution in [0.3, 0.4) is 0 Å². The van der Waals surface area contributed by atoms with Crippen LogP contribution in [-0.4, -0.2) is 34.8 Å². The topological polar surface area (TPSA) is 76.1 Å². The largest absolute Gasteiger partial charge is 0.444 e. The number of hydrogen-bond donors (Lipinski definition) is 2. The predicted octanol–water partition coefficient (Wildman–Crippen LogP) is 5.16. The molecule has 0 aliphatic rings. The number of carbonyl (C=O) groups is 1. The molecule has 1 aromatic carbocycles. The zero-order valence-electron chi connectivity index (χ0n) is 14.4. The van der Waals surface area contributed by atoms with Crippen molar-refractivity contribution in [2.45, 2.75) is 32.8 Å². The van der Waals surface area contributed by atoms with Gasteiger partial charge < -0.3 is 15.4 Å². The van der Waals surface area contributed by atoms with Gasteiger partial charge in [-0.1, -0.05) is 11.6 Å². The van der Waals surface area contributed by atoms with E-state index in [4.69, 9.17) is 27.9 Å². The molecule has 1 amide bonds. The number of fused-ring (bicyclic) bond motifs is 1. The van der Waals surface area contributed by atoms with Gasteiger partial charge in [-0.25, -0.2) is 19.2 Å². The number of hydrogen-bond acceptors (Lipinski definition) is 5. The number of rotatable bonds is 5. The Morgan fingerprint density at radius 1 is 1.31 bits per heavy atom. The fourth-order valence-electron chi connectivity index (χ4n) is 2.08. The number of aromatic nitrogens is 2. The van der Waals surface area contributed by atoms with Crippen molar-refractivity contribution in [3.05, 3.63) is 26.7 Å². The number of nitrogens with zero attached hydrogens (tertiary/aromatic N) is 2. The van der Waals surface area contributed by atoms with Crippen LogP contribution >= 0.6 is 39.1 Å². The van der Waals surface area contributed by atoms with Gasteiger partial charge >= 0.3 is 6.09 Å². The van der Waals surface area contributed by atoms with Crippen LogP contribution in [0.2, 0.25) is 10.3 Å². The van der Waals surface area contributed by atoms with Gasteiger partial charge in [0.1, 0.15) is 16.9 Å². The second-order valence-electron chi connectivity index (χ2n) is 6.43. The average molecular weight is 468 g/mol. The molecule has 0 atom stereocenters. The molecule has 26 heavy (non-hydrogen) atoms. The highest BCUT2D eigenvalue weighted by Gasteiger charge is 2.17. The lowest BCUT2D eigenvalue weighted by Crippen LogP contribution is -2.33. The summed E-state index contributed by atoms with van der Waals surface area (Å²) in [6.45, 7) is 6.25. The van der Waals surface area contributed by atoms with Crippen molar-refractivity contribution in [3.63, 3.8) is 0 Å². The first-order valence-electron chi connectivity index (χ1n) is 7.80. The number of carbonyl (C=O) groups excluding carboxylic acids is 1. The van der Waals surface area contributed by atoms with Crippen LogP contribution in [0.5, 0.6) is 0 Å². The first kappa shape index (κ1) is 20.9. The Kier molecular flexibility index (Phi) is 6.87. The van der Waals surface area contributed by atoms with E-state index in [2.05, 4.69) is 36.5 Å². The summed E-state index contributed by atoms with van der Waals surface area (Å²) in [5.74, 6) is -0.239. The maximum Gasteiger partial charge on any atom is 0.407 e. The molecule has 0 radical (unpaired) electrons. The summed E-state index contributed by atoms with van der Waals surface area (Å²) in [4.78, 5) is 19.6. The number of amides is 1. The molecule has 2 rings (SSSR count). The van der Waals surface area contributed by atoms with Crippen LogP contribution in [0.25, 0.3) is 10.9 Å². The zero-order chi connectivity index (χ0) is 19.5. The third-order valence-corrected chi connectivity index (χ3v) is 4.58. The van der Waals surface area contributed by atoms with Crippen molar-refractivity contribution in [2.75, 3.05) is 18.4 Å². The van der Waals surface area contributed by atoms with E-state index in [1.165, 1.54) is 0 Å². The van der Waals surface area contributed by atoms with Crippen LogP contribution in [0.1, 0.15) is 27.2 Å². The van der Waals surface area contributed by atoms with Crippen LogP contribution in [0.4, 0.5) is 15.0 Å². The third-order valence-electron chi connectivity index (χ3n) is 3.11. The molecular weight excluding hydrogens is 450 g/mol. The highest BCUT2D eigenvalue weighted by atomic mass is 79.9. The lowest BCUT2D eigenvalue weighted by molar-refractivity contribution is 0.0528. The Morgan fingerprint density at radius 2 is 2.00 bits per heavy atom. The summed E-state index contributed by atoms with van der Waals surface area (Å²) >= 11 is 15.0. The van der Waals surface area contributed by atoms with E-state index >= 15 is 0 Å². The van der Waals surface area contributed by atoms with Crippen molar-refractivity contribution in [1.82, 2.24) is 15.3 Å². The van der Waals surface area contributed by atoms with Gasteiger partial charge in [-0.15, -0.1) is 0 Å². The molecule has 142 valence electrons. The Morgan fingerprint density at radius 3 is 2.65 bits per heavy atom. The first-order chi connectivity index (χ1) is 12.1. The second kappa shape index (κ2) is 8.54. The van der Waals surface area contributed by atoms with Gasteiger partial charge in [0.25, 0.3) is 0 Å². The maximum absolute atomic E-state index is 14.3. The lowest BCUT2D eigenvalue weighted by Gasteiger charge is -2.19. The van der Waals surface area contributed by atoms with Crippen molar-refractivity contribution in [3.8, 4) is 0 Å². The van der Waals surface area contributed by atoms with Gasteiger partial charge in [0, 0.05) is 18.5 Å². The smallest absolute Gasteiger partial charge is 0.407 e. The van der Waals surface area contributed by atoms with E-state index in [9.17, 15) is 9.18 Å². The van der Waals surface area contributed by atoms with E-state index < -0.39 is 17.5 Å². The van der Waals surface area contributed by atoms with E-state index in [-0.39, 0.29) is 20.3 Å². The SMILES string of the molecule is CC(C)(C)OC(=O)NCCCNc1nc(Cl)nc2c(F)c(Br)c(Cl)cc12. The van der Waals surface area contributed by atoms with Crippen molar-refractivity contribution in [1.29, 1.82) is 0 Å². The number of anilines is 1. The quantitative estimate of drug-likeness (QED) is 0.360. The summed E-state index contributed by atoms with van der Waals surface area (Å²) < 4.78 is 19.6. The Labute approximate surface area is 168 Å². The fraction of sp³-hybridized carbons (Fsp3) is 0.438. The normalized spacial score (nSPS) is 11.5. The molecule has 0 spiro atoms. The molecule has 10 heteroatoms. The molecule has 1 heterocycles. The number of ether oxygens (including phenoxy) is 1. The summed E-state index contributed by atoms with van der Waals surface area (Å²) in [6, 6.07) is 1.56. The van der Waals surface area contributed by atoms with Crippen molar-refractivity contribution in [2.24, 2.45) is 0 Å². The minimum Gasteiger partial charge on any atom is -0.444 e. The first-order valence-corrected chi connectivity index (χ1v) is 9.35. The van der Waals surface area contributed by atoms with Crippen LogP contribution in [0.15, 0.2) is 10.5 Å². The van der Waals surface area contributed by atoms with Gasteiger partial charge in [0.2, 0.25) is 5.28 Å². The Hall–Kier alpha value is -1.38. The predicted molar refractivity (Wildman–Crippen MR) is 105 cm³/mol. The molecule has 2 N–H and O–H groups in total. The molecule has 0 fully saturated rings. The molecule has 0 unspecified atom stereocenters. The molecule has 1 aromatic heterocycles. The highest BCUT2D eigenvalue weighted by Crippen LogP contribution is 2.34.